The van der Waals surface area contributed by atoms with Gasteiger partial charge in [0, 0.05) is 6.04 Å². The molecule has 0 aliphatic heterocycles. The summed E-state index contributed by atoms with van der Waals surface area (Å²) in [6.07, 6.45) is 5.22. The number of rotatable bonds is 3. The maximum Gasteiger partial charge on any atom is 0.131 e. The first-order valence-corrected chi connectivity index (χ1v) is 7.14. The minimum atomic E-state index is 0.553. The molecule has 1 unspecified atom stereocenters. The van der Waals surface area contributed by atoms with Gasteiger partial charge in [0.2, 0.25) is 0 Å². The Labute approximate surface area is 116 Å². The van der Waals surface area contributed by atoms with Crippen LogP contribution in [0.4, 0.5) is 0 Å². The summed E-state index contributed by atoms with van der Waals surface area (Å²) in [7, 11) is 0. The van der Waals surface area contributed by atoms with Crippen LogP contribution in [-0.2, 0) is 19.4 Å². The molecule has 94 valence electrons. The molecule has 18 heavy (non-hydrogen) atoms. The molecule has 3 heteroatoms. The zero-order valence-electron chi connectivity index (χ0n) is 10.2. The van der Waals surface area contributed by atoms with Gasteiger partial charge < -0.3 is 9.73 Å². The molecule has 0 radical (unpaired) electrons. The average Bonchev–Trinajstić information content (AvgIpc) is 2.82. The van der Waals surface area contributed by atoms with Crippen LogP contribution in [0.5, 0.6) is 0 Å². The zero-order chi connectivity index (χ0) is 12.4. The van der Waals surface area contributed by atoms with E-state index in [1.165, 1.54) is 24.0 Å². The molecular weight excluding hydrogens is 290 g/mol. The number of aryl methyl sites for hydroxylation is 1. The second kappa shape index (κ2) is 5.29. The van der Waals surface area contributed by atoms with Crippen LogP contribution in [0.2, 0.25) is 0 Å². The summed E-state index contributed by atoms with van der Waals surface area (Å²) >= 11 is 3.48. The van der Waals surface area contributed by atoms with Crippen molar-refractivity contribution < 1.29 is 4.42 Å². The third-order valence-corrected chi connectivity index (χ3v) is 4.30. The fourth-order valence-corrected chi connectivity index (χ4v) is 2.90. The molecule has 1 aromatic heterocycles. The van der Waals surface area contributed by atoms with Crippen molar-refractivity contribution in [1.82, 2.24) is 5.32 Å². The maximum atomic E-state index is 5.42. The first kappa shape index (κ1) is 12.0. The SMILES string of the molecule is Brc1ccoc1CNC1CCc2ccccc2C1. The van der Waals surface area contributed by atoms with E-state index in [1.807, 2.05) is 6.07 Å². The van der Waals surface area contributed by atoms with Crippen LogP contribution in [0.25, 0.3) is 0 Å². The molecule has 1 atom stereocenters. The largest absolute Gasteiger partial charge is 0.467 e. The van der Waals surface area contributed by atoms with E-state index in [9.17, 15) is 0 Å². The highest BCUT2D eigenvalue weighted by atomic mass is 79.9. The molecule has 0 spiro atoms. The summed E-state index contributed by atoms with van der Waals surface area (Å²) in [5.74, 6) is 0.980. The van der Waals surface area contributed by atoms with Crippen molar-refractivity contribution in [2.24, 2.45) is 0 Å². The highest BCUT2D eigenvalue weighted by Gasteiger charge is 2.18. The molecule has 0 fully saturated rings. The second-order valence-corrected chi connectivity index (χ2v) is 5.64. The highest BCUT2D eigenvalue weighted by Crippen LogP contribution is 2.22. The van der Waals surface area contributed by atoms with Crippen molar-refractivity contribution in [2.45, 2.75) is 31.8 Å². The van der Waals surface area contributed by atoms with Crippen LogP contribution < -0.4 is 5.32 Å². The number of halogens is 1. The van der Waals surface area contributed by atoms with Gasteiger partial charge in [-0.25, -0.2) is 0 Å². The van der Waals surface area contributed by atoms with E-state index >= 15 is 0 Å². The summed E-state index contributed by atoms with van der Waals surface area (Å²) in [5.41, 5.74) is 2.99. The third kappa shape index (κ3) is 2.52. The Balaban J connectivity index is 1.61. The molecule has 1 aromatic carbocycles. The van der Waals surface area contributed by atoms with Crippen molar-refractivity contribution in [3.05, 3.63) is 58.0 Å². The normalized spacial score (nSPS) is 18.6. The fourth-order valence-electron chi connectivity index (χ4n) is 2.56. The van der Waals surface area contributed by atoms with Gasteiger partial charge in [0.1, 0.15) is 5.76 Å². The predicted molar refractivity (Wildman–Crippen MR) is 75.5 cm³/mol. The first-order chi connectivity index (χ1) is 8.83. The van der Waals surface area contributed by atoms with E-state index in [4.69, 9.17) is 4.42 Å². The van der Waals surface area contributed by atoms with Gasteiger partial charge in [0.05, 0.1) is 17.3 Å². The Kier molecular flexibility index (Phi) is 3.52. The van der Waals surface area contributed by atoms with Crippen molar-refractivity contribution in [2.75, 3.05) is 0 Å². The van der Waals surface area contributed by atoms with Gasteiger partial charge in [0.25, 0.3) is 0 Å². The Morgan fingerprint density at radius 3 is 2.83 bits per heavy atom. The van der Waals surface area contributed by atoms with E-state index in [2.05, 4.69) is 45.5 Å². The monoisotopic (exact) mass is 305 g/mol. The minimum absolute atomic E-state index is 0.553. The van der Waals surface area contributed by atoms with Crippen molar-refractivity contribution in [1.29, 1.82) is 0 Å². The van der Waals surface area contributed by atoms with Crippen LogP contribution in [-0.4, -0.2) is 6.04 Å². The summed E-state index contributed by atoms with van der Waals surface area (Å²) in [5, 5.41) is 3.58. The molecule has 1 heterocycles. The van der Waals surface area contributed by atoms with Crippen LogP contribution in [0.1, 0.15) is 23.3 Å². The molecule has 0 bridgehead atoms. The zero-order valence-corrected chi connectivity index (χ0v) is 11.7. The number of fused-ring (bicyclic) bond motifs is 1. The predicted octanol–water partition coefficient (Wildman–Crippen LogP) is 3.69. The minimum Gasteiger partial charge on any atom is -0.467 e. The van der Waals surface area contributed by atoms with E-state index in [-0.39, 0.29) is 0 Å². The summed E-state index contributed by atoms with van der Waals surface area (Å²) in [4.78, 5) is 0. The Morgan fingerprint density at radius 1 is 1.22 bits per heavy atom. The molecule has 2 aromatic rings. The molecule has 0 saturated heterocycles. The number of hydrogen-bond donors (Lipinski definition) is 1. The third-order valence-electron chi connectivity index (χ3n) is 3.59. The van der Waals surface area contributed by atoms with Gasteiger partial charge in [-0.1, -0.05) is 24.3 Å². The molecule has 0 saturated carbocycles. The lowest BCUT2D eigenvalue weighted by Gasteiger charge is -2.25. The summed E-state index contributed by atoms with van der Waals surface area (Å²) in [6, 6.07) is 11.2. The van der Waals surface area contributed by atoms with Gasteiger partial charge in [-0.05, 0) is 52.4 Å². The number of nitrogens with one attached hydrogen (secondary N) is 1. The quantitative estimate of drug-likeness (QED) is 0.935. The molecule has 1 aliphatic carbocycles. The van der Waals surface area contributed by atoms with Crippen LogP contribution in [0.3, 0.4) is 0 Å². The standard InChI is InChI=1S/C15H16BrNO/c16-14-7-8-18-15(14)10-17-13-6-5-11-3-1-2-4-12(11)9-13/h1-4,7-8,13,17H,5-6,9-10H2. The van der Waals surface area contributed by atoms with Gasteiger partial charge >= 0.3 is 0 Å². The lowest BCUT2D eigenvalue weighted by molar-refractivity contribution is 0.415. The highest BCUT2D eigenvalue weighted by molar-refractivity contribution is 9.10. The fraction of sp³-hybridized carbons (Fsp3) is 0.333. The number of furan rings is 1. The first-order valence-electron chi connectivity index (χ1n) is 6.35. The average molecular weight is 306 g/mol. The van der Waals surface area contributed by atoms with Gasteiger partial charge in [-0.3, -0.25) is 0 Å². The topological polar surface area (TPSA) is 25.2 Å². The maximum absolute atomic E-state index is 5.42. The lowest BCUT2D eigenvalue weighted by Crippen LogP contribution is -2.34. The van der Waals surface area contributed by atoms with Crippen molar-refractivity contribution in [3.63, 3.8) is 0 Å². The lowest BCUT2D eigenvalue weighted by atomic mass is 9.88. The van der Waals surface area contributed by atoms with E-state index < -0.39 is 0 Å². The van der Waals surface area contributed by atoms with Crippen LogP contribution in [0, 0.1) is 0 Å². The molecular formula is C15H16BrNO. The summed E-state index contributed by atoms with van der Waals surface area (Å²) < 4.78 is 6.46. The van der Waals surface area contributed by atoms with E-state index in [1.54, 1.807) is 6.26 Å². The van der Waals surface area contributed by atoms with Crippen molar-refractivity contribution in [3.8, 4) is 0 Å². The number of hydrogen-bond acceptors (Lipinski definition) is 2. The van der Waals surface area contributed by atoms with Crippen LogP contribution >= 0.6 is 15.9 Å². The summed E-state index contributed by atoms with van der Waals surface area (Å²) in [6.45, 7) is 0.792. The van der Waals surface area contributed by atoms with Gasteiger partial charge in [-0.2, -0.15) is 0 Å². The van der Waals surface area contributed by atoms with Gasteiger partial charge in [0.15, 0.2) is 0 Å². The Morgan fingerprint density at radius 2 is 2.06 bits per heavy atom. The second-order valence-electron chi connectivity index (χ2n) is 4.78. The van der Waals surface area contributed by atoms with E-state index in [0.29, 0.717) is 6.04 Å². The molecule has 1 N–H and O–H groups in total. The number of benzene rings is 1. The molecule has 1 aliphatic rings. The molecule has 3 rings (SSSR count). The Hall–Kier alpha value is -1.06. The van der Waals surface area contributed by atoms with Crippen molar-refractivity contribution >= 4 is 15.9 Å². The smallest absolute Gasteiger partial charge is 0.131 e. The van der Waals surface area contributed by atoms with Gasteiger partial charge in [-0.15, -0.1) is 0 Å². The van der Waals surface area contributed by atoms with E-state index in [0.717, 1.165) is 23.2 Å². The molecule has 2 nitrogen and oxygen atoms in total. The molecule has 0 amide bonds. The Bertz CT molecular complexity index is 535. The van der Waals surface area contributed by atoms with Crippen LogP contribution in [0.15, 0.2) is 45.5 Å².